The topological polar surface area (TPSA) is 61.2 Å². The number of ether oxygens (including phenoxy) is 1. The molecule has 6 heteroatoms. The number of carbonyl (C=O) groups is 1. The van der Waals surface area contributed by atoms with Crippen molar-refractivity contribution in [3.63, 3.8) is 0 Å². The second kappa shape index (κ2) is 7.94. The molecule has 0 bridgehead atoms. The van der Waals surface area contributed by atoms with E-state index in [9.17, 15) is 9.59 Å². The normalized spacial score (nSPS) is 12.9. The molecule has 0 atom stereocenters. The van der Waals surface area contributed by atoms with Gasteiger partial charge in [0.05, 0.1) is 6.61 Å². The molecule has 0 saturated heterocycles. The first-order valence-corrected chi connectivity index (χ1v) is 7.48. The molecule has 0 aliphatic rings. The second-order valence-corrected chi connectivity index (χ2v) is 5.27. The third-order valence-electron chi connectivity index (χ3n) is 3.25. The van der Waals surface area contributed by atoms with Crippen LogP contribution in [0.2, 0.25) is 0 Å². The maximum atomic E-state index is 12.0. The van der Waals surface area contributed by atoms with Crippen LogP contribution in [0.4, 0.5) is 0 Å². The molecule has 0 aliphatic carbocycles. The first-order chi connectivity index (χ1) is 10.3. The quantitative estimate of drug-likeness (QED) is 0.616. The number of allylic oxidation sites excluding steroid dienone is 3. The van der Waals surface area contributed by atoms with E-state index in [-0.39, 0.29) is 17.9 Å². The first kappa shape index (κ1) is 18.2. The summed E-state index contributed by atoms with van der Waals surface area (Å²) in [4.78, 5) is 27.9. The van der Waals surface area contributed by atoms with E-state index in [4.69, 9.17) is 16.3 Å². The van der Waals surface area contributed by atoms with E-state index in [1.54, 1.807) is 20.0 Å². The third-order valence-corrected chi connectivity index (χ3v) is 3.87. The third kappa shape index (κ3) is 4.31. The molecule has 0 N–H and O–H groups in total. The van der Waals surface area contributed by atoms with Crippen molar-refractivity contribution in [1.82, 2.24) is 9.55 Å². The number of hydrogen-bond donors (Lipinski definition) is 0. The summed E-state index contributed by atoms with van der Waals surface area (Å²) in [5, 5.41) is 0.637. The highest BCUT2D eigenvalue weighted by molar-refractivity contribution is 6.32. The molecule has 0 spiro atoms. The van der Waals surface area contributed by atoms with Gasteiger partial charge < -0.3 is 4.74 Å². The first-order valence-electron chi connectivity index (χ1n) is 7.10. The Kier molecular flexibility index (Phi) is 6.56. The Morgan fingerprint density at radius 2 is 2.05 bits per heavy atom. The molecule has 0 radical (unpaired) electrons. The van der Waals surface area contributed by atoms with Crippen LogP contribution in [0.5, 0.6) is 0 Å². The zero-order valence-corrected chi connectivity index (χ0v) is 14.3. The van der Waals surface area contributed by atoms with Gasteiger partial charge in [-0.15, -0.1) is 0 Å². The summed E-state index contributed by atoms with van der Waals surface area (Å²) in [5.74, 6) is -0.256. The summed E-state index contributed by atoms with van der Waals surface area (Å²) < 4.78 is 6.24. The van der Waals surface area contributed by atoms with Crippen LogP contribution >= 0.6 is 11.6 Å². The van der Waals surface area contributed by atoms with E-state index in [0.29, 0.717) is 10.9 Å². The largest absolute Gasteiger partial charge is 0.461 e. The fourth-order valence-electron chi connectivity index (χ4n) is 1.74. The Labute approximate surface area is 135 Å². The number of nitrogens with zero attached hydrogens (tertiary/aromatic N) is 2. The fraction of sp³-hybridized carbons (Fsp3) is 0.438. The Hall–Kier alpha value is -1.88. The fourth-order valence-corrected chi connectivity index (χ4v) is 1.93. The molecule has 1 rings (SSSR count). The van der Waals surface area contributed by atoms with Crippen molar-refractivity contribution >= 4 is 23.6 Å². The van der Waals surface area contributed by atoms with Gasteiger partial charge in [-0.2, -0.15) is 0 Å². The van der Waals surface area contributed by atoms with Crippen LogP contribution in [0.25, 0.3) is 6.08 Å². The van der Waals surface area contributed by atoms with E-state index in [1.165, 1.54) is 10.6 Å². The smallest absolute Gasteiger partial charge is 0.357 e. The summed E-state index contributed by atoms with van der Waals surface area (Å²) >= 11 is 6.28. The Morgan fingerprint density at radius 1 is 1.41 bits per heavy atom. The molecular formula is C16H21ClN2O3. The summed E-state index contributed by atoms with van der Waals surface area (Å²) in [6.07, 6.45) is 2.52. The predicted octanol–water partition coefficient (Wildman–Crippen LogP) is 3.28. The van der Waals surface area contributed by atoms with Crippen LogP contribution in [0.3, 0.4) is 0 Å². The number of esters is 1. The van der Waals surface area contributed by atoms with Gasteiger partial charge in [-0.25, -0.2) is 9.78 Å². The van der Waals surface area contributed by atoms with Gasteiger partial charge in [0, 0.05) is 18.1 Å². The lowest BCUT2D eigenvalue weighted by Crippen LogP contribution is -2.23. The molecule has 0 aromatic carbocycles. The zero-order valence-electron chi connectivity index (χ0n) is 13.6. The van der Waals surface area contributed by atoms with E-state index in [0.717, 1.165) is 17.6 Å². The van der Waals surface area contributed by atoms with Crippen LogP contribution in [0.1, 0.15) is 50.4 Å². The highest BCUT2D eigenvalue weighted by Gasteiger charge is 2.13. The lowest BCUT2D eigenvalue weighted by Gasteiger charge is -2.08. The minimum atomic E-state index is -0.612. The van der Waals surface area contributed by atoms with Gasteiger partial charge in [0.2, 0.25) is 0 Å². The van der Waals surface area contributed by atoms with Crippen molar-refractivity contribution in [1.29, 1.82) is 0 Å². The molecule has 1 aromatic rings. The molecule has 0 unspecified atom stereocenters. The molecule has 1 aromatic heterocycles. The summed E-state index contributed by atoms with van der Waals surface area (Å²) in [6.45, 7) is 7.72. The summed E-state index contributed by atoms with van der Waals surface area (Å²) in [7, 11) is 1.59. The average Bonchev–Trinajstić information content (AvgIpc) is 2.49. The van der Waals surface area contributed by atoms with Crippen molar-refractivity contribution in [3.05, 3.63) is 44.1 Å². The predicted molar refractivity (Wildman–Crippen MR) is 87.9 cm³/mol. The molecule has 0 fully saturated rings. The molecule has 0 aliphatic heterocycles. The summed E-state index contributed by atoms with van der Waals surface area (Å²) in [6, 6.07) is 1.17. The van der Waals surface area contributed by atoms with Gasteiger partial charge in [0.15, 0.2) is 5.69 Å². The number of rotatable bonds is 5. The molecule has 0 amide bonds. The second-order valence-electron chi connectivity index (χ2n) is 4.89. The van der Waals surface area contributed by atoms with E-state index in [2.05, 4.69) is 4.98 Å². The van der Waals surface area contributed by atoms with Crippen molar-refractivity contribution in [2.75, 3.05) is 6.61 Å². The van der Waals surface area contributed by atoms with Crippen LogP contribution in [0.15, 0.2) is 27.0 Å². The Morgan fingerprint density at radius 3 is 2.59 bits per heavy atom. The van der Waals surface area contributed by atoms with E-state index >= 15 is 0 Å². The van der Waals surface area contributed by atoms with Crippen molar-refractivity contribution in [2.24, 2.45) is 7.05 Å². The monoisotopic (exact) mass is 324 g/mol. The minimum absolute atomic E-state index is 0.00341. The van der Waals surface area contributed by atoms with Crippen LogP contribution < -0.4 is 5.56 Å². The van der Waals surface area contributed by atoms with Crippen LogP contribution in [0, 0.1) is 0 Å². The maximum absolute atomic E-state index is 12.0. The van der Waals surface area contributed by atoms with Gasteiger partial charge in [0.25, 0.3) is 5.56 Å². The molecule has 120 valence electrons. The van der Waals surface area contributed by atoms with Crippen LogP contribution in [-0.2, 0) is 11.8 Å². The Balaban J connectivity index is 3.36. The Bertz CT molecular complexity index is 687. The van der Waals surface area contributed by atoms with Crippen molar-refractivity contribution < 1.29 is 9.53 Å². The lowest BCUT2D eigenvalue weighted by atomic mass is 10.1. The van der Waals surface area contributed by atoms with Gasteiger partial charge in [-0.05, 0) is 38.8 Å². The highest BCUT2D eigenvalue weighted by atomic mass is 35.5. The number of aromatic nitrogens is 2. The number of carbonyl (C=O) groups excluding carboxylic acids is 1. The van der Waals surface area contributed by atoms with E-state index in [1.807, 2.05) is 20.8 Å². The lowest BCUT2D eigenvalue weighted by molar-refractivity contribution is 0.0518. The highest BCUT2D eigenvalue weighted by Crippen LogP contribution is 2.22. The van der Waals surface area contributed by atoms with Gasteiger partial charge in [-0.3, -0.25) is 9.36 Å². The van der Waals surface area contributed by atoms with Gasteiger partial charge in [0.1, 0.15) is 5.82 Å². The molecule has 22 heavy (non-hydrogen) atoms. The van der Waals surface area contributed by atoms with Gasteiger partial charge in [-0.1, -0.05) is 24.1 Å². The van der Waals surface area contributed by atoms with Crippen molar-refractivity contribution in [2.45, 2.75) is 34.1 Å². The average molecular weight is 325 g/mol. The van der Waals surface area contributed by atoms with Gasteiger partial charge >= 0.3 is 5.97 Å². The molecular weight excluding hydrogens is 304 g/mol. The number of hydrogen-bond acceptors (Lipinski definition) is 4. The number of halogens is 1. The molecule has 0 saturated carbocycles. The minimum Gasteiger partial charge on any atom is -0.461 e. The molecule has 5 nitrogen and oxygen atoms in total. The standard InChI is InChI=1S/C16H21ClN2O3/c1-6-10(3)15(17)11(4)8-13-18-12(16(21)22-7-2)9-14(20)19(13)5/h8-9H,6-7H2,1-5H3/b11-8-,15-10-. The maximum Gasteiger partial charge on any atom is 0.357 e. The van der Waals surface area contributed by atoms with Crippen LogP contribution in [-0.4, -0.2) is 22.1 Å². The van der Waals surface area contributed by atoms with E-state index < -0.39 is 5.97 Å². The molecule has 1 heterocycles. The summed E-state index contributed by atoms with van der Waals surface area (Å²) in [5.41, 5.74) is 1.49. The zero-order chi connectivity index (χ0) is 16.9. The van der Waals surface area contributed by atoms with Crippen molar-refractivity contribution in [3.8, 4) is 0 Å². The SMILES string of the molecule is CCOC(=O)c1cc(=O)n(C)c(/C=C(C)\C(Cl)=C(/C)CC)n1.